The number of hydrogen-bond acceptors (Lipinski definition) is 3. The Morgan fingerprint density at radius 2 is 2.12 bits per heavy atom. The number of aryl methyl sites for hydroxylation is 1. The molecule has 1 atom stereocenters. The van der Waals surface area contributed by atoms with E-state index in [2.05, 4.69) is 16.7 Å². The van der Waals surface area contributed by atoms with Gasteiger partial charge in [-0.3, -0.25) is 4.79 Å². The molecule has 0 aliphatic heterocycles. The van der Waals surface area contributed by atoms with Crippen LogP contribution in [0.25, 0.3) is 0 Å². The zero-order valence-corrected chi connectivity index (χ0v) is 14.5. The van der Waals surface area contributed by atoms with Crippen molar-refractivity contribution in [3.63, 3.8) is 0 Å². The number of rotatable bonds is 3. The second-order valence-electron chi connectivity index (χ2n) is 6.33. The molecule has 0 spiro atoms. The van der Waals surface area contributed by atoms with Crippen molar-refractivity contribution in [1.82, 2.24) is 9.88 Å². The van der Waals surface area contributed by atoms with Crippen LogP contribution < -0.4 is 20.9 Å². The lowest BCUT2D eigenvalue weighted by Crippen LogP contribution is -2.40. The van der Waals surface area contributed by atoms with Crippen LogP contribution in [-0.2, 0) is 19.9 Å². The molecule has 0 saturated carbocycles. The maximum Gasteiger partial charge on any atom is 0.319 e. The number of carbonyl (C=O) groups excluding carboxylic acids is 1. The molecule has 6 nitrogen and oxygen atoms in total. The monoisotopic (exact) mass is 341 g/mol. The molecule has 0 saturated heterocycles. The van der Waals surface area contributed by atoms with Gasteiger partial charge in [-0.05, 0) is 55.0 Å². The number of benzene rings is 1. The summed E-state index contributed by atoms with van der Waals surface area (Å²) in [5, 5.41) is 5.65. The quantitative estimate of drug-likeness (QED) is 0.843. The standard InChI is InChI=1S/C19H23N3O3/c1-22-11-5-9-16(18(22)23)21-19(24)20-14-7-4-8-15-13(12-14)6-3-10-17(15)25-2/h3,5-6,9-11,14H,4,7-8,12H2,1-2H3,(H2,20,21,24). The highest BCUT2D eigenvalue weighted by Crippen LogP contribution is 2.28. The number of fused-ring (bicyclic) bond motifs is 1. The third kappa shape index (κ3) is 3.84. The molecule has 1 heterocycles. The molecule has 6 heteroatoms. The van der Waals surface area contributed by atoms with Gasteiger partial charge in [0, 0.05) is 19.3 Å². The van der Waals surface area contributed by atoms with Crippen LogP contribution >= 0.6 is 0 Å². The number of nitrogens with zero attached hydrogens (tertiary/aromatic N) is 1. The first-order valence-corrected chi connectivity index (χ1v) is 8.46. The van der Waals surface area contributed by atoms with Crippen LogP contribution in [0.3, 0.4) is 0 Å². The number of aromatic nitrogens is 1. The van der Waals surface area contributed by atoms with Gasteiger partial charge >= 0.3 is 6.03 Å². The summed E-state index contributed by atoms with van der Waals surface area (Å²) in [6.07, 6.45) is 5.22. The SMILES string of the molecule is COc1cccc2c1CCCC(NC(=O)Nc1cccn(C)c1=O)C2. The highest BCUT2D eigenvalue weighted by molar-refractivity contribution is 5.89. The van der Waals surface area contributed by atoms with Gasteiger partial charge in [-0.25, -0.2) is 4.79 Å². The van der Waals surface area contributed by atoms with Gasteiger partial charge in [0.15, 0.2) is 0 Å². The molecule has 2 N–H and O–H groups in total. The lowest BCUT2D eigenvalue weighted by Gasteiger charge is -2.18. The van der Waals surface area contributed by atoms with Gasteiger partial charge in [-0.1, -0.05) is 12.1 Å². The average molecular weight is 341 g/mol. The van der Waals surface area contributed by atoms with Crippen LogP contribution in [0.2, 0.25) is 0 Å². The number of nitrogens with one attached hydrogen (secondary N) is 2. The summed E-state index contributed by atoms with van der Waals surface area (Å²) in [6.45, 7) is 0. The van der Waals surface area contributed by atoms with E-state index in [0.717, 1.165) is 31.4 Å². The highest BCUT2D eigenvalue weighted by Gasteiger charge is 2.21. The summed E-state index contributed by atoms with van der Waals surface area (Å²) in [6, 6.07) is 9.06. The van der Waals surface area contributed by atoms with Crippen LogP contribution in [0, 0.1) is 0 Å². The summed E-state index contributed by atoms with van der Waals surface area (Å²) in [5.74, 6) is 0.912. The number of urea groups is 1. The number of anilines is 1. The summed E-state index contributed by atoms with van der Waals surface area (Å²) >= 11 is 0. The number of amides is 2. The summed E-state index contributed by atoms with van der Waals surface area (Å²) in [5.41, 5.74) is 2.48. The minimum atomic E-state index is -0.348. The van der Waals surface area contributed by atoms with Crippen molar-refractivity contribution in [2.45, 2.75) is 31.7 Å². The van der Waals surface area contributed by atoms with Gasteiger partial charge in [0.1, 0.15) is 11.4 Å². The van der Waals surface area contributed by atoms with Crippen LogP contribution in [0.4, 0.5) is 10.5 Å². The fourth-order valence-corrected chi connectivity index (χ4v) is 3.33. The molecule has 1 aromatic heterocycles. The molecule has 2 amide bonds. The fraction of sp³-hybridized carbons (Fsp3) is 0.368. The number of pyridine rings is 1. The Bertz CT molecular complexity index is 829. The van der Waals surface area contributed by atoms with Crippen molar-refractivity contribution in [3.05, 3.63) is 58.0 Å². The normalized spacial score (nSPS) is 16.5. The highest BCUT2D eigenvalue weighted by atomic mass is 16.5. The Labute approximate surface area is 146 Å². The molecular weight excluding hydrogens is 318 g/mol. The van der Waals surface area contributed by atoms with E-state index in [4.69, 9.17) is 4.74 Å². The van der Waals surface area contributed by atoms with E-state index in [1.54, 1.807) is 32.5 Å². The van der Waals surface area contributed by atoms with E-state index in [1.165, 1.54) is 15.7 Å². The first kappa shape index (κ1) is 17.1. The zero-order valence-electron chi connectivity index (χ0n) is 14.5. The van der Waals surface area contributed by atoms with E-state index in [0.29, 0.717) is 0 Å². The molecule has 132 valence electrons. The van der Waals surface area contributed by atoms with Crippen molar-refractivity contribution in [2.24, 2.45) is 7.05 Å². The van der Waals surface area contributed by atoms with Gasteiger partial charge < -0.3 is 19.9 Å². The van der Waals surface area contributed by atoms with Gasteiger partial charge in [-0.2, -0.15) is 0 Å². The van der Waals surface area contributed by atoms with Gasteiger partial charge in [0.2, 0.25) is 0 Å². The second kappa shape index (κ2) is 7.42. The lowest BCUT2D eigenvalue weighted by molar-refractivity contribution is 0.247. The summed E-state index contributed by atoms with van der Waals surface area (Å²) in [7, 11) is 3.34. The van der Waals surface area contributed by atoms with Crippen LogP contribution in [-0.4, -0.2) is 23.7 Å². The topological polar surface area (TPSA) is 72.4 Å². The predicted molar refractivity (Wildman–Crippen MR) is 97.3 cm³/mol. The van der Waals surface area contributed by atoms with Gasteiger partial charge in [0.05, 0.1) is 7.11 Å². The van der Waals surface area contributed by atoms with E-state index in [1.807, 2.05) is 12.1 Å². The third-order valence-electron chi connectivity index (χ3n) is 4.60. The van der Waals surface area contributed by atoms with Gasteiger partial charge in [0.25, 0.3) is 5.56 Å². The molecule has 1 aliphatic carbocycles. The molecule has 3 rings (SSSR count). The smallest absolute Gasteiger partial charge is 0.319 e. The van der Waals surface area contributed by atoms with E-state index < -0.39 is 0 Å². The average Bonchev–Trinajstić information content (AvgIpc) is 2.80. The van der Waals surface area contributed by atoms with Crippen molar-refractivity contribution >= 4 is 11.7 Å². The number of methoxy groups -OCH3 is 1. The molecule has 0 fully saturated rings. The van der Waals surface area contributed by atoms with E-state index in [9.17, 15) is 9.59 Å². The first-order chi connectivity index (χ1) is 12.1. The lowest BCUT2D eigenvalue weighted by atomic mass is 10.0. The maximum atomic E-state index is 12.3. The molecular formula is C19H23N3O3. The Morgan fingerprint density at radius 1 is 1.28 bits per heavy atom. The van der Waals surface area contributed by atoms with Gasteiger partial charge in [-0.15, -0.1) is 0 Å². The molecule has 1 unspecified atom stereocenters. The van der Waals surface area contributed by atoms with Crippen LogP contribution in [0.1, 0.15) is 24.0 Å². The molecule has 1 aromatic carbocycles. The van der Waals surface area contributed by atoms with Crippen molar-refractivity contribution in [2.75, 3.05) is 12.4 Å². The molecule has 0 bridgehead atoms. The molecule has 2 aromatic rings. The maximum absolute atomic E-state index is 12.3. The number of carbonyl (C=O) groups is 1. The summed E-state index contributed by atoms with van der Waals surface area (Å²) in [4.78, 5) is 24.3. The predicted octanol–water partition coefficient (Wildman–Crippen LogP) is 2.46. The number of hydrogen-bond donors (Lipinski definition) is 2. The Morgan fingerprint density at radius 3 is 2.92 bits per heavy atom. The minimum Gasteiger partial charge on any atom is -0.496 e. The second-order valence-corrected chi connectivity index (χ2v) is 6.33. The largest absolute Gasteiger partial charge is 0.496 e. The van der Waals surface area contributed by atoms with Crippen molar-refractivity contribution in [3.8, 4) is 5.75 Å². The Hall–Kier alpha value is -2.76. The minimum absolute atomic E-state index is 0.0286. The van der Waals surface area contributed by atoms with Crippen molar-refractivity contribution < 1.29 is 9.53 Å². The molecule has 0 radical (unpaired) electrons. The van der Waals surface area contributed by atoms with E-state index >= 15 is 0 Å². The third-order valence-corrected chi connectivity index (χ3v) is 4.60. The van der Waals surface area contributed by atoms with Crippen molar-refractivity contribution in [1.29, 1.82) is 0 Å². The number of ether oxygens (including phenoxy) is 1. The van der Waals surface area contributed by atoms with E-state index in [-0.39, 0.29) is 23.3 Å². The Balaban J connectivity index is 1.69. The fourth-order valence-electron chi connectivity index (χ4n) is 3.33. The Kier molecular flexibility index (Phi) is 5.07. The first-order valence-electron chi connectivity index (χ1n) is 8.46. The summed E-state index contributed by atoms with van der Waals surface area (Å²) < 4.78 is 6.89. The molecule has 25 heavy (non-hydrogen) atoms. The van der Waals surface area contributed by atoms with Crippen LogP contribution in [0.5, 0.6) is 5.75 Å². The van der Waals surface area contributed by atoms with Crippen LogP contribution in [0.15, 0.2) is 41.3 Å². The molecule has 1 aliphatic rings. The zero-order chi connectivity index (χ0) is 17.8.